The zero-order valence-electron chi connectivity index (χ0n) is 10.3. The molecule has 2 heteroatoms. The van der Waals surface area contributed by atoms with Gasteiger partial charge in [0.25, 0.3) is 0 Å². The summed E-state index contributed by atoms with van der Waals surface area (Å²) in [6, 6.07) is 8.48. The molecule has 0 spiro atoms. The van der Waals surface area contributed by atoms with Gasteiger partial charge in [-0.2, -0.15) is 0 Å². The minimum Gasteiger partial charge on any atom is -0.230 e. The van der Waals surface area contributed by atoms with E-state index >= 15 is 0 Å². The Morgan fingerprint density at radius 3 is 2.69 bits per heavy atom. The Balaban J connectivity index is 2.07. The number of hydrogen-bond donors (Lipinski definition) is 0. The second-order valence-corrected chi connectivity index (χ2v) is 5.37. The zero-order valence-corrected chi connectivity index (χ0v) is 10.3. The number of rotatable bonds is 2. The third kappa shape index (κ3) is 2.83. The van der Waals surface area contributed by atoms with Crippen LogP contribution >= 0.6 is 0 Å². The number of fused-ring (bicyclic) bond motifs is 1. The Morgan fingerprint density at radius 2 is 1.94 bits per heavy atom. The maximum absolute atomic E-state index is 5.57. The molecule has 0 aliphatic heterocycles. The van der Waals surface area contributed by atoms with Crippen molar-refractivity contribution in [1.82, 2.24) is 0 Å². The predicted molar refractivity (Wildman–Crippen MR) is 64.0 cm³/mol. The molecule has 1 unspecified atom stereocenters. The molecular formula is C14H20O2. The van der Waals surface area contributed by atoms with E-state index in [0.29, 0.717) is 0 Å². The molecule has 1 atom stereocenters. The first-order valence-corrected chi connectivity index (χ1v) is 5.98. The summed E-state index contributed by atoms with van der Waals surface area (Å²) < 4.78 is 0. The summed E-state index contributed by atoms with van der Waals surface area (Å²) >= 11 is 0. The van der Waals surface area contributed by atoms with Gasteiger partial charge >= 0.3 is 0 Å². The van der Waals surface area contributed by atoms with E-state index < -0.39 is 0 Å². The van der Waals surface area contributed by atoms with Crippen molar-refractivity contribution in [3.8, 4) is 0 Å². The minimum absolute atomic E-state index is 0.101. The Kier molecular flexibility index (Phi) is 3.31. The van der Waals surface area contributed by atoms with E-state index in [-0.39, 0.29) is 11.7 Å². The smallest absolute Gasteiger partial charge is 0.118 e. The lowest BCUT2D eigenvalue weighted by molar-refractivity contribution is -0.377. The molecule has 0 radical (unpaired) electrons. The molecule has 0 fully saturated rings. The molecule has 1 aromatic carbocycles. The van der Waals surface area contributed by atoms with Crippen LogP contribution in [0.1, 0.15) is 50.8 Å². The monoisotopic (exact) mass is 220 g/mol. The van der Waals surface area contributed by atoms with Crippen LogP contribution in [0.25, 0.3) is 0 Å². The third-order valence-electron chi connectivity index (χ3n) is 2.73. The average Bonchev–Trinajstić information content (AvgIpc) is 2.25. The fraction of sp³-hybridized carbons (Fsp3) is 0.571. The van der Waals surface area contributed by atoms with E-state index in [4.69, 9.17) is 9.78 Å². The number of benzene rings is 1. The van der Waals surface area contributed by atoms with E-state index in [1.54, 1.807) is 0 Å². The van der Waals surface area contributed by atoms with Crippen LogP contribution in [0.5, 0.6) is 0 Å². The van der Waals surface area contributed by atoms with Crippen LogP contribution in [-0.4, -0.2) is 5.60 Å². The molecule has 0 saturated carbocycles. The van der Waals surface area contributed by atoms with Crippen LogP contribution in [-0.2, 0) is 16.2 Å². The van der Waals surface area contributed by atoms with Crippen LogP contribution in [0.15, 0.2) is 24.3 Å². The normalized spacial score (nSPS) is 20.6. The van der Waals surface area contributed by atoms with E-state index in [1.165, 1.54) is 17.5 Å². The summed E-state index contributed by atoms with van der Waals surface area (Å²) in [5.41, 5.74) is 2.45. The van der Waals surface area contributed by atoms with Gasteiger partial charge in [-0.1, -0.05) is 24.3 Å². The van der Waals surface area contributed by atoms with Gasteiger partial charge in [0.2, 0.25) is 0 Å². The third-order valence-corrected chi connectivity index (χ3v) is 2.73. The van der Waals surface area contributed by atoms with E-state index in [9.17, 15) is 0 Å². The average molecular weight is 220 g/mol. The second-order valence-electron chi connectivity index (χ2n) is 5.37. The lowest BCUT2D eigenvalue weighted by Gasteiger charge is -2.27. The Hall–Kier alpha value is -0.860. The van der Waals surface area contributed by atoms with Crippen LogP contribution in [0.4, 0.5) is 0 Å². The number of aryl methyl sites for hydroxylation is 1. The molecule has 1 aromatic rings. The molecule has 0 bridgehead atoms. The van der Waals surface area contributed by atoms with Crippen LogP contribution < -0.4 is 0 Å². The van der Waals surface area contributed by atoms with E-state index in [0.717, 1.165) is 12.8 Å². The van der Waals surface area contributed by atoms with Gasteiger partial charge in [0.1, 0.15) is 6.10 Å². The van der Waals surface area contributed by atoms with Gasteiger partial charge in [0.05, 0.1) is 5.60 Å². The molecule has 0 heterocycles. The highest BCUT2D eigenvalue weighted by Gasteiger charge is 2.23. The summed E-state index contributed by atoms with van der Waals surface area (Å²) in [4.78, 5) is 11.0. The molecule has 0 amide bonds. The zero-order chi connectivity index (χ0) is 11.6. The van der Waals surface area contributed by atoms with Crippen molar-refractivity contribution in [2.75, 3.05) is 0 Å². The number of hydrogen-bond acceptors (Lipinski definition) is 2. The molecule has 88 valence electrons. The molecule has 2 rings (SSSR count). The maximum atomic E-state index is 5.57. The first kappa shape index (κ1) is 11.6. The van der Waals surface area contributed by atoms with Crippen molar-refractivity contribution in [2.24, 2.45) is 0 Å². The molecule has 1 aliphatic carbocycles. The predicted octanol–water partition coefficient (Wildman–Crippen LogP) is 3.81. The highest BCUT2D eigenvalue weighted by Crippen LogP contribution is 2.33. The standard InChI is InChI=1S/C14H20O2/c1-14(2,3)16-15-13-10-6-8-11-7-4-5-9-12(11)13/h4-5,7,9,13H,6,8,10H2,1-3H3. The first-order chi connectivity index (χ1) is 7.56. The largest absolute Gasteiger partial charge is 0.230 e. The second kappa shape index (κ2) is 4.56. The van der Waals surface area contributed by atoms with Crippen molar-refractivity contribution in [3.63, 3.8) is 0 Å². The van der Waals surface area contributed by atoms with Gasteiger partial charge in [-0.3, -0.25) is 0 Å². The van der Waals surface area contributed by atoms with Gasteiger partial charge in [-0.25, -0.2) is 9.78 Å². The SMILES string of the molecule is CC(C)(C)OOC1CCCc2ccccc21. The minimum atomic E-state index is -0.244. The summed E-state index contributed by atoms with van der Waals surface area (Å²) in [5.74, 6) is 0. The highest BCUT2D eigenvalue weighted by molar-refractivity contribution is 5.31. The summed E-state index contributed by atoms with van der Waals surface area (Å²) in [6.45, 7) is 6.01. The summed E-state index contributed by atoms with van der Waals surface area (Å²) in [7, 11) is 0. The fourth-order valence-electron chi connectivity index (χ4n) is 2.01. The molecule has 0 N–H and O–H groups in total. The summed E-state index contributed by atoms with van der Waals surface area (Å²) in [5, 5.41) is 0. The molecular weight excluding hydrogens is 200 g/mol. The van der Waals surface area contributed by atoms with Gasteiger partial charge in [-0.15, -0.1) is 0 Å². The molecule has 0 saturated heterocycles. The van der Waals surface area contributed by atoms with E-state index in [1.807, 2.05) is 20.8 Å². The van der Waals surface area contributed by atoms with E-state index in [2.05, 4.69) is 24.3 Å². The van der Waals surface area contributed by atoms with Crippen LogP contribution in [0.3, 0.4) is 0 Å². The van der Waals surface area contributed by atoms with Gasteiger partial charge < -0.3 is 0 Å². The lowest BCUT2D eigenvalue weighted by Crippen LogP contribution is -2.22. The van der Waals surface area contributed by atoms with Gasteiger partial charge in [-0.05, 0) is 51.2 Å². The topological polar surface area (TPSA) is 18.5 Å². The Bertz CT molecular complexity index is 352. The Labute approximate surface area is 97.5 Å². The quantitative estimate of drug-likeness (QED) is 0.557. The molecule has 16 heavy (non-hydrogen) atoms. The van der Waals surface area contributed by atoms with Crippen LogP contribution in [0.2, 0.25) is 0 Å². The highest BCUT2D eigenvalue weighted by atomic mass is 17.2. The molecule has 2 nitrogen and oxygen atoms in total. The fourth-order valence-corrected chi connectivity index (χ4v) is 2.01. The van der Waals surface area contributed by atoms with Crippen molar-refractivity contribution >= 4 is 0 Å². The molecule has 0 aromatic heterocycles. The Morgan fingerprint density at radius 1 is 1.19 bits per heavy atom. The van der Waals surface area contributed by atoms with Gasteiger partial charge in [0, 0.05) is 0 Å². The van der Waals surface area contributed by atoms with Crippen molar-refractivity contribution < 1.29 is 9.78 Å². The van der Waals surface area contributed by atoms with Crippen molar-refractivity contribution in [2.45, 2.75) is 51.7 Å². The van der Waals surface area contributed by atoms with Crippen molar-refractivity contribution in [3.05, 3.63) is 35.4 Å². The van der Waals surface area contributed by atoms with Gasteiger partial charge in [0.15, 0.2) is 0 Å². The lowest BCUT2D eigenvalue weighted by atomic mass is 9.90. The van der Waals surface area contributed by atoms with Crippen LogP contribution in [0, 0.1) is 0 Å². The summed E-state index contributed by atoms with van der Waals surface area (Å²) in [6.07, 6.45) is 3.48. The molecule has 1 aliphatic rings. The first-order valence-electron chi connectivity index (χ1n) is 5.98. The van der Waals surface area contributed by atoms with Crippen molar-refractivity contribution in [1.29, 1.82) is 0 Å². The maximum Gasteiger partial charge on any atom is 0.118 e.